The predicted octanol–water partition coefficient (Wildman–Crippen LogP) is 2.95. The topological polar surface area (TPSA) is 68.4 Å². The zero-order valence-electron chi connectivity index (χ0n) is 15.3. The van der Waals surface area contributed by atoms with Gasteiger partial charge in [-0.3, -0.25) is 9.97 Å². The molecule has 7 heteroatoms. The zero-order valence-corrected chi connectivity index (χ0v) is 15.3. The van der Waals surface area contributed by atoms with E-state index in [2.05, 4.69) is 38.1 Å². The van der Waals surface area contributed by atoms with Crippen LogP contribution in [0.5, 0.6) is 0 Å². The van der Waals surface area contributed by atoms with Gasteiger partial charge in [0, 0.05) is 44.4 Å². The van der Waals surface area contributed by atoms with Gasteiger partial charge in [-0.05, 0) is 36.6 Å². The number of hydrogen-bond donors (Lipinski definition) is 0. The number of anilines is 1. The number of aromatic nitrogens is 5. The molecule has 0 aliphatic heterocycles. The van der Waals surface area contributed by atoms with E-state index in [-0.39, 0.29) is 0 Å². The molecule has 0 unspecified atom stereocenters. The molecule has 3 aromatic heterocycles. The van der Waals surface area contributed by atoms with Gasteiger partial charge in [-0.2, -0.15) is 0 Å². The van der Waals surface area contributed by atoms with Crippen LogP contribution in [0.2, 0.25) is 0 Å². The highest BCUT2D eigenvalue weighted by atomic mass is 16.5. The fourth-order valence-corrected chi connectivity index (χ4v) is 3.64. The molecule has 1 aliphatic rings. The number of hydrogen-bond acceptors (Lipinski definition) is 6. The fourth-order valence-electron chi connectivity index (χ4n) is 3.64. The first kappa shape index (κ1) is 16.1. The molecule has 0 radical (unpaired) electrons. The first-order valence-corrected chi connectivity index (χ1v) is 9.04. The van der Waals surface area contributed by atoms with Crippen molar-refractivity contribution in [2.24, 2.45) is 0 Å². The van der Waals surface area contributed by atoms with Crippen LogP contribution in [0.25, 0.3) is 27.7 Å². The number of nitrogens with zero attached hydrogens (tertiary/aromatic N) is 6. The second-order valence-electron chi connectivity index (χ2n) is 6.97. The molecule has 0 saturated heterocycles. The summed E-state index contributed by atoms with van der Waals surface area (Å²) in [5.74, 6) is 0.730. The quantitative estimate of drug-likeness (QED) is 0.557. The maximum Gasteiger partial charge on any atom is 0.243 e. The minimum atomic E-state index is 0.357. The lowest BCUT2D eigenvalue weighted by Crippen LogP contribution is -2.46. The Hall–Kier alpha value is -3.06. The standard InChI is InChI=1S/C20H20N6O/c1-25(14-10-15(11-14)27-2)20-23-12-19-16(5-8-26(19)24-20)13-3-4-17-18(9-13)22-7-6-21-17/h3-9,12,14-15H,10-11H2,1-2H3. The monoisotopic (exact) mass is 360 g/mol. The average Bonchev–Trinajstić information content (AvgIpc) is 3.10. The first-order valence-electron chi connectivity index (χ1n) is 9.04. The second-order valence-corrected chi connectivity index (χ2v) is 6.97. The summed E-state index contributed by atoms with van der Waals surface area (Å²) >= 11 is 0. The van der Waals surface area contributed by atoms with Crippen molar-refractivity contribution in [3.05, 3.63) is 49.1 Å². The highest BCUT2D eigenvalue weighted by Crippen LogP contribution is 2.30. The lowest BCUT2D eigenvalue weighted by molar-refractivity contribution is 0.0262. The molecule has 7 nitrogen and oxygen atoms in total. The Morgan fingerprint density at radius 3 is 2.70 bits per heavy atom. The van der Waals surface area contributed by atoms with Gasteiger partial charge in [-0.25, -0.2) is 9.50 Å². The van der Waals surface area contributed by atoms with E-state index in [0.717, 1.165) is 46.5 Å². The molecule has 0 spiro atoms. The molecule has 1 aliphatic carbocycles. The van der Waals surface area contributed by atoms with Gasteiger partial charge in [0.1, 0.15) is 0 Å². The first-order chi connectivity index (χ1) is 13.2. The summed E-state index contributed by atoms with van der Waals surface area (Å²) in [7, 11) is 3.81. The predicted molar refractivity (Wildman–Crippen MR) is 104 cm³/mol. The molecule has 4 aromatic rings. The van der Waals surface area contributed by atoms with Crippen LogP contribution in [0.1, 0.15) is 12.8 Å². The van der Waals surface area contributed by atoms with Gasteiger partial charge in [0.15, 0.2) is 0 Å². The van der Waals surface area contributed by atoms with Gasteiger partial charge < -0.3 is 9.64 Å². The molecule has 3 heterocycles. The third-order valence-electron chi connectivity index (χ3n) is 5.45. The third-order valence-corrected chi connectivity index (χ3v) is 5.45. The second kappa shape index (κ2) is 6.28. The lowest BCUT2D eigenvalue weighted by atomic mass is 9.88. The Labute approximate surface area is 156 Å². The van der Waals surface area contributed by atoms with E-state index in [4.69, 9.17) is 9.84 Å². The summed E-state index contributed by atoms with van der Waals surface area (Å²) in [5, 5.41) is 4.70. The van der Waals surface area contributed by atoms with E-state index in [1.807, 2.05) is 30.0 Å². The van der Waals surface area contributed by atoms with E-state index >= 15 is 0 Å². The molecule has 1 saturated carbocycles. The van der Waals surface area contributed by atoms with E-state index in [1.54, 1.807) is 19.5 Å². The normalized spacial score (nSPS) is 19.3. The van der Waals surface area contributed by atoms with Gasteiger partial charge >= 0.3 is 0 Å². The fraction of sp³-hybridized carbons (Fsp3) is 0.300. The van der Waals surface area contributed by atoms with E-state index < -0.39 is 0 Å². The van der Waals surface area contributed by atoms with Crippen molar-refractivity contribution in [2.45, 2.75) is 25.0 Å². The summed E-state index contributed by atoms with van der Waals surface area (Å²) in [6.07, 6.45) is 9.68. The molecule has 27 heavy (non-hydrogen) atoms. The van der Waals surface area contributed by atoms with Crippen LogP contribution in [-0.4, -0.2) is 50.9 Å². The van der Waals surface area contributed by atoms with Gasteiger partial charge in [-0.1, -0.05) is 6.07 Å². The Bertz CT molecular complexity index is 1120. The zero-order chi connectivity index (χ0) is 18.4. The highest BCUT2D eigenvalue weighted by Gasteiger charge is 2.33. The molecule has 1 aromatic carbocycles. The smallest absolute Gasteiger partial charge is 0.243 e. The molecule has 5 rings (SSSR count). The molecular weight excluding hydrogens is 340 g/mol. The van der Waals surface area contributed by atoms with Crippen molar-refractivity contribution < 1.29 is 4.74 Å². The van der Waals surface area contributed by atoms with Gasteiger partial charge in [0.2, 0.25) is 5.95 Å². The Balaban J connectivity index is 1.48. The number of fused-ring (bicyclic) bond motifs is 2. The lowest BCUT2D eigenvalue weighted by Gasteiger charge is -2.40. The van der Waals surface area contributed by atoms with E-state index in [0.29, 0.717) is 12.1 Å². The van der Waals surface area contributed by atoms with Crippen molar-refractivity contribution in [3.63, 3.8) is 0 Å². The van der Waals surface area contributed by atoms with Crippen molar-refractivity contribution in [1.29, 1.82) is 0 Å². The SMILES string of the molecule is COC1CC(N(C)c2ncc3c(-c4ccc5nccnc5c4)ccn3n2)C1. The molecule has 1 fully saturated rings. The summed E-state index contributed by atoms with van der Waals surface area (Å²) < 4.78 is 7.26. The summed E-state index contributed by atoms with van der Waals surface area (Å²) in [4.78, 5) is 15.5. The van der Waals surface area contributed by atoms with Gasteiger partial charge in [0.25, 0.3) is 0 Å². The molecule has 136 valence electrons. The number of methoxy groups -OCH3 is 1. The minimum absolute atomic E-state index is 0.357. The van der Waals surface area contributed by atoms with E-state index in [1.165, 1.54) is 0 Å². The van der Waals surface area contributed by atoms with Crippen molar-refractivity contribution in [2.75, 3.05) is 19.1 Å². The van der Waals surface area contributed by atoms with Crippen LogP contribution >= 0.6 is 0 Å². The van der Waals surface area contributed by atoms with Crippen LogP contribution in [0, 0.1) is 0 Å². The van der Waals surface area contributed by atoms with Crippen LogP contribution in [0.4, 0.5) is 5.95 Å². The molecule has 0 bridgehead atoms. The number of ether oxygens (including phenoxy) is 1. The molecule has 0 N–H and O–H groups in total. The van der Waals surface area contributed by atoms with E-state index in [9.17, 15) is 0 Å². The highest BCUT2D eigenvalue weighted by molar-refractivity contribution is 5.86. The Morgan fingerprint density at radius 1 is 1.07 bits per heavy atom. The van der Waals surface area contributed by atoms with Gasteiger partial charge in [0.05, 0.1) is 28.9 Å². The summed E-state index contributed by atoms with van der Waals surface area (Å²) in [5.41, 5.74) is 4.90. The largest absolute Gasteiger partial charge is 0.381 e. The van der Waals surface area contributed by atoms with Crippen LogP contribution < -0.4 is 4.90 Å². The van der Waals surface area contributed by atoms with Crippen LogP contribution in [0.3, 0.4) is 0 Å². The molecule has 0 atom stereocenters. The summed E-state index contributed by atoms with van der Waals surface area (Å²) in [6, 6.07) is 8.60. The Kier molecular flexibility index (Phi) is 3.75. The van der Waals surface area contributed by atoms with Crippen molar-refractivity contribution in [1.82, 2.24) is 24.6 Å². The molecular formula is C20H20N6O. The van der Waals surface area contributed by atoms with Gasteiger partial charge in [-0.15, -0.1) is 5.10 Å². The third kappa shape index (κ3) is 2.71. The van der Waals surface area contributed by atoms with Crippen LogP contribution in [-0.2, 0) is 4.74 Å². The molecule has 0 amide bonds. The van der Waals surface area contributed by atoms with Crippen LogP contribution in [0.15, 0.2) is 49.1 Å². The van der Waals surface area contributed by atoms with Crippen molar-refractivity contribution >= 4 is 22.5 Å². The van der Waals surface area contributed by atoms with Crippen molar-refractivity contribution in [3.8, 4) is 11.1 Å². The Morgan fingerprint density at radius 2 is 1.89 bits per heavy atom. The maximum absolute atomic E-state index is 5.37. The summed E-state index contributed by atoms with van der Waals surface area (Å²) in [6.45, 7) is 0. The maximum atomic E-state index is 5.37. The number of rotatable bonds is 4. The average molecular weight is 360 g/mol. The number of benzene rings is 1. The minimum Gasteiger partial charge on any atom is -0.381 e.